The lowest BCUT2D eigenvalue weighted by Gasteiger charge is -2.33. The fraction of sp³-hybridized carbons (Fsp3) is 0.545. The van der Waals surface area contributed by atoms with Gasteiger partial charge in [-0.05, 0) is 56.6 Å². The number of nitrogens with zero attached hydrogens (tertiary/aromatic N) is 2. The van der Waals surface area contributed by atoms with Crippen molar-refractivity contribution in [3.63, 3.8) is 0 Å². The number of halogens is 1. The van der Waals surface area contributed by atoms with E-state index in [9.17, 15) is 9.18 Å². The molecule has 2 fully saturated rings. The van der Waals surface area contributed by atoms with Crippen molar-refractivity contribution in [1.29, 1.82) is 0 Å². The molecule has 1 aromatic heterocycles. The standard InChI is InChI=1S/C22H28FN3O3/c23-22(15-28-16-22)14-24-21(27)20-7-5-17-13-18(6-8-19(17)25-20)29-12-4-11-26-9-2-1-3-10-26/h5-8,13H,1-4,9-12,14-16H2,(H,24,27). The zero-order chi connectivity index (χ0) is 20.1. The van der Waals surface area contributed by atoms with Gasteiger partial charge in [0, 0.05) is 11.9 Å². The molecule has 0 aliphatic carbocycles. The zero-order valence-electron chi connectivity index (χ0n) is 16.7. The van der Waals surface area contributed by atoms with Crippen molar-refractivity contribution < 1.29 is 18.7 Å². The summed E-state index contributed by atoms with van der Waals surface area (Å²) in [5.74, 6) is 0.424. The SMILES string of the molecule is O=C(NCC1(F)COC1)c1ccc2cc(OCCCN3CCCCC3)ccc2n1. The van der Waals surface area contributed by atoms with Crippen LogP contribution in [-0.4, -0.2) is 67.5 Å². The summed E-state index contributed by atoms with van der Waals surface area (Å²) in [6, 6.07) is 9.16. The number of pyridine rings is 1. The summed E-state index contributed by atoms with van der Waals surface area (Å²) in [7, 11) is 0. The van der Waals surface area contributed by atoms with E-state index in [1.807, 2.05) is 24.3 Å². The number of carbonyl (C=O) groups is 1. The van der Waals surface area contributed by atoms with Crippen molar-refractivity contribution in [2.24, 2.45) is 0 Å². The lowest BCUT2D eigenvalue weighted by molar-refractivity contribution is -0.126. The third kappa shape index (κ3) is 5.22. The van der Waals surface area contributed by atoms with Crippen LogP contribution in [0.3, 0.4) is 0 Å². The minimum Gasteiger partial charge on any atom is -0.494 e. The van der Waals surface area contributed by atoms with Gasteiger partial charge in [0.25, 0.3) is 5.91 Å². The number of ether oxygens (including phenoxy) is 2. The molecule has 1 N–H and O–H groups in total. The quantitative estimate of drug-likeness (QED) is 0.689. The van der Waals surface area contributed by atoms with E-state index in [2.05, 4.69) is 15.2 Å². The van der Waals surface area contributed by atoms with Gasteiger partial charge in [-0.15, -0.1) is 0 Å². The van der Waals surface area contributed by atoms with E-state index >= 15 is 0 Å². The zero-order valence-corrected chi connectivity index (χ0v) is 16.7. The molecule has 156 valence electrons. The molecule has 3 heterocycles. The summed E-state index contributed by atoms with van der Waals surface area (Å²) < 4.78 is 24.7. The number of aromatic nitrogens is 1. The second-order valence-corrected chi connectivity index (χ2v) is 7.98. The second-order valence-electron chi connectivity index (χ2n) is 7.98. The predicted octanol–water partition coefficient (Wildman–Crippen LogP) is 2.96. The Hall–Kier alpha value is -2.25. The monoisotopic (exact) mass is 401 g/mol. The molecule has 0 saturated carbocycles. The number of carbonyl (C=O) groups excluding carboxylic acids is 1. The normalized spacial score (nSPS) is 18.9. The van der Waals surface area contributed by atoms with Gasteiger partial charge in [0.2, 0.25) is 0 Å². The van der Waals surface area contributed by atoms with Crippen LogP contribution in [0.5, 0.6) is 5.75 Å². The third-order valence-electron chi connectivity index (χ3n) is 5.52. The van der Waals surface area contributed by atoms with Gasteiger partial charge >= 0.3 is 0 Å². The number of piperidine rings is 1. The minimum absolute atomic E-state index is 0.0270. The highest BCUT2D eigenvalue weighted by Gasteiger charge is 2.39. The number of amides is 1. The Kier molecular flexibility index (Phi) is 6.25. The van der Waals surface area contributed by atoms with E-state index in [0.717, 1.165) is 24.1 Å². The number of nitrogens with one attached hydrogen (secondary N) is 1. The highest BCUT2D eigenvalue weighted by Crippen LogP contribution is 2.22. The Balaban J connectivity index is 1.28. The van der Waals surface area contributed by atoms with Crippen molar-refractivity contribution in [2.45, 2.75) is 31.4 Å². The van der Waals surface area contributed by atoms with Gasteiger partial charge in [0.15, 0.2) is 5.67 Å². The lowest BCUT2D eigenvalue weighted by Crippen LogP contribution is -2.53. The molecule has 4 rings (SSSR count). The topological polar surface area (TPSA) is 63.7 Å². The molecule has 0 spiro atoms. The van der Waals surface area contributed by atoms with E-state index < -0.39 is 5.67 Å². The fourth-order valence-corrected chi connectivity index (χ4v) is 3.74. The average Bonchev–Trinajstić information content (AvgIpc) is 2.74. The molecule has 0 unspecified atom stereocenters. The Labute approximate surface area is 170 Å². The number of fused-ring (bicyclic) bond motifs is 1. The maximum absolute atomic E-state index is 13.9. The molecular weight excluding hydrogens is 373 g/mol. The molecule has 0 radical (unpaired) electrons. The smallest absolute Gasteiger partial charge is 0.270 e. The van der Waals surface area contributed by atoms with E-state index in [0.29, 0.717) is 12.1 Å². The third-order valence-corrected chi connectivity index (χ3v) is 5.52. The molecule has 7 heteroatoms. The number of hydrogen-bond donors (Lipinski definition) is 1. The predicted molar refractivity (Wildman–Crippen MR) is 109 cm³/mol. The van der Waals surface area contributed by atoms with Gasteiger partial charge in [-0.3, -0.25) is 4.79 Å². The van der Waals surface area contributed by atoms with Gasteiger partial charge in [-0.2, -0.15) is 0 Å². The number of likely N-dealkylation sites (tertiary alicyclic amines) is 1. The van der Waals surface area contributed by atoms with Crippen molar-refractivity contribution in [3.8, 4) is 5.75 Å². The second kappa shape index (κ2) is 9.05. The van der Waals surface area contributed by atoms with Crippen LogP contribution in [0.15, 0.2) is 30.3 Å². The molecule has 1 amide bonds. The minimum atomic E-state index is -1.45. The first-order valence-electron chi connectivity index (χ1n) is 10.4. The summed E-state index contributed by atoms with van der Waals surface area (Å²) in [5.41, 5.74) is -0.468. The molecular formula is C22H28FN3O3. The van der Waals surface area contributed by atoms with Gasteiger partial charge in [0.05, 0.1) is 31.9 Å². The van der Waals surface area contributed by atoms with E-state index in [-0.39, 0.29) is 31.4 Å². The fourth-order valence-electron chi connectivity index (χ4n) is 3.74. The Bertz CT molecular complexity index is 850. The summed E-state index contributed by atoms with van der Waals surface area (Å²) in [5, 5.41) is 3.50. The maximum atomic E-state index is 13.9. The van der Waals surface area contributed by atoms with Crippen LogP contribution < -0.4 is 10.1 Å². The summed E-state index contributed by atoms with van der Waals surface area (Å²) >= 11 is 0. The molecule has 2 aromatic rings. The van der Waals surface area contributed by atoms with Crippen LogP contribution in [0, 0.1) is 0 Å². The number of alkyl halides is 1. The van der Waals surface area contributed by atoms with Gasteiger partial charge in [-0.25, -0.2) is 9.37 Å². The largest absolute Gasteiger partial charge is 0.494 e. The van der Waals surface area contributed by atoms with Crippen molar-refractivity contribution in [3.05, 3.63) is 36.0 Å². The van der Waals surface area contributed by atoms with Gasteiger partial charge < -0.3 is 19.7 Å². The first-order valence-corrected chi connectivity index (χ1v) is 10.4. The maximum Gasteiger partial charge on any atom is 0.270 e. The van der Waals surface area contributed by atoms with Crippen molar-refractivity contribution in [2.75, 3.05) is 46.0 Å². The van der Waals surface area contributed by atoms with Crippen LogP contribution in [-0.2, 0) is 4.74 Å². The Morgan fingerprint density at radius 3 is 2.79 bits per heavy atom. The summed E-state index contributed by atoms with van der Waals surface area (Å²) in [6.45, 7) is 4.17. The molecule has 2 aliphatic heterocycles. The van der Waals surface area contributed by atoms with Crippen molar-refractivity contribution >= 4 is 16.8 Å². The van der Waals surface area contributed by atoms with Crippen LogP contribution in [0.25, 0.3) is 10.9 Å². The van der Waals surface area contributed by atoms with Gasteiger partial charge in [0.1, 0.15) is 11.4 Å². The van der Waals surface area contributed by atoms with Crippen LogP contribution >= 0.6 is 0 Å². The van der Waals surface area contributed by atoms with Crippen molar-refractivity contribution in [1.82, 2.24) is 15.2 Å². The molecule has 1 aromatic carbocycles. The highest BCUT2D eigenvalue weighted by atomic mass is 19.1. The molecule has 29 heavy (non-hydrogen) atoms. The lowest BCUT2D eigenvalue weighted by atomic mass is 10.1. The van der Waals surface area contributed by atoms with Crippen LogP contribution in [0.2, 0.25) is 0 Å². The molecule has 2 saturated heterocycles. The average molecular weight is 401 g/mol. The van der Waals surface area contributed by atoms with Crippen LogP contribution in [0.1, 0.15) is 36.2 Å². The number of hydrogen-bond acceptors (Lipinski definition) is 5. The molecule has 0 atom stereocenters. The van der Waals surface area contributed by atoms with E-state index in [1.54, 1.807) is 6.07 Å². The Morgan fingerprint density at radius 2 is 2.03 bits per heavy atom. The summed E-state index contributed by atoms with van der Waals surface area (Å²) in [6.07, 6.45) is 4.98. The molecule has 2 aliphatic rings. The first kappa shape index (κ1) is 20.0. The van der Waals surface area contributed by atoms with Crippen LogP contribution in [0.4, 0.5) is 4.39 Å². The van der Waals surface area contributed by atoms with E-state index in [1.165, 1.54) is 32.4 Å². The number of rotatable bonds is 8. The highest BCUT2D eigenvalue weighted by molar-refractivity contribution is 5.95. The van der Waals surface area contributed by atoms with Gasteiger partial charge in [-0.1, -0.05) is 12.5 Å². The molecule has 6 nitrogen and oxygen atoms in total. The Morgan fingerprint density at radius 1 is 1.21 bits per heavy atom. The summed E-state index contributed by atoms with van der Waals surface area (Å²) in [4.78, 5) is 19.1. The number of benzene rings is 1. The first-order chi connectivity index (χ1) is 14.1. The molecule has 0 bridgehead atoms. The van der Waals surface area contributed by atoms with E-state index in [4.69, 9.17) is 9.47 Å².